The third-order valence-electron chi connectivity index (χ3n) is 4.78. The molecule has 1 aromatic rings. The van der Waals surface area contributed by atoms with Gasteiger partial charge in [-0.2, -0.15) is 5.10 Å². The Balaban J connectivity index is 3.02. The molecule has 0 saturated carbocycles. The summed E-state index contributed by atoms with van der Waals surface area (Å²) in [6.07, 6.45) is 3.71. The average molecular weight is 295 g/mol. The topological polar surface area (TPSA) is 46.0 Å². The molecule has 2 unspecified atom stereocenters. The number of aromatic nitrogens is 3. The summed E-state index contributed by atoms with van der Waals surface area (Å²) in [5.74, 6) is 1.08. The minimum Gasteiger partial charge on any atom is -0.312 e. The fourth-order valence-electron chi connectivity index (χ4n) is 3.29. The quantitative estimate of drug-likeness (QED) is 0.719. The molecule has 1 heterocycles. The number of nitrogens with zero attached hydrogens (tertiary/aromatic N) is 4. The predicted molar refractivity (Wildman–Crippen MR) is 88.5 cm³/mol. The summed E-state index contributed by atoms with van der Waals surface area (Å²) in [7, 11) is 0. The molecule has 0 amide bonds. The number of rotatable bonds is 10. The molecular formula is C16H33N5. The van der Waals surface area contributed by atoms with Crippen molar-refractivity contribution in [1.29, 1.82) is 0 Å². The Bertz CT molecular complexity index is 399. The highest BCUT2D eigenvalue weighted by Crippen LogP contribution is 2.25. The molecule has 0 fully saturated rings. The Hall–Kier alpha value is -0.940. The van der Waals surface area contributed by atoms with Crippen LogP contribution in [0.1, 0.15) is 53.8 Å². The van der Waals surface area contributed by atoms with Crippen LogP contribution < -0.4 is 5.32 Å². The van der Waals surface area contributed by atoms with E-state index in [2.05, 4.69) is 61.8 Å². The lowest BCUT2D eigenvalue weighted by molar-refractivity contribution is 0.0695. The smallest absolute Gasteiger partial charge is 0.138 e. The first kappa shape index (κ1) is 18.1. The van der Waals surface area contributed by atoms with Crippen LogP contribution in [0, 0.1) is 0 Å². The van der Waals surface area contributed by atoms with Gasteiger partial charge in [-0.1, -0.05) is 27.7 Å². The molecular weight excluding hydrogens is 262 g/mol. The monoisotopic (exact) mass is 295 g/mol. The highest BCUT2D eigenvalue weighted by Gasteiger charge is 2.37. The van der Waals surface area contributed by atoms with Crippen molar-refractivity contribution in [3.05, 3.63) is 12.2 Å². The zero-order valence-electron chi connectivity index (χ0n) is 14.7. The van der Waals surface area contributed by atoms with Crippen molar-refractivity contribution >= 4 is 0 Å². The lowest BCUT2D eigenvalue weighted by Crippen LogP contribution is -2.60. The molecule has 0 aliphatic rings. The average Bonchev–Trinajstić information content (AvgIpc) is 2.95. The highest BCUT2D eigenvalue weighted by atomic mass is 15.3. The van der Waals surface area contributed by atoms with Crippen LogP contribution in [0.4, 0.5) is 0 Å². The number of nitrogens with one attached hydrogen (secondary N) is 1. The van der Waals surface area contributed by atoms with Crippen molar-refractivity contribution in [3.63, 3.8) is 0 Å². The van der Waals surface area contributed by atoms with E-state index in [-0.39, 0.29) is 5.54 Å². The van der Waals surface area contributed by atoms with Crippen LogP contribution in [-0.2, 0) is 13.0 Å². The largest absolute Gasteiger partial charge is 0.312 e. The Labute approximate surface area is 130 Å². The summed E-state index contributed by atoms with van der Waals surface area (Å²) in [5.41, 5.74) is 0.129. The maximum Gasteiger partial charge on any atom is 0.138 e. The van der Waals surface area contributed by atoms with Crippen molar-refractivity contribution in [3.8, 4) is 0 Å². The van der Waals surface area contributed by atoms with E-state index in [9.17, 15) is 0 Å². The summed E-state index contributed by atoms with van der Waals surface area (Å²) in [6.45, 7) is 17.4. The Morgan fingerprint density at radius 3 is 2.38 bits per heavy atom. The lowest BCUT2D eigenvalue weighted by Gasteiger charge is -2.46. The number of hydrogen-bond donors (Lipinski definition) is 1. The van der Waals surface area contributed by atoms with Gasteiger partial charge < -0.3 is 5.32 Å². The van der Waals surface area contributed by atoms with Gasteiger partial charge in [0.15, 0.2) is 0 Å². The van der Waals surface area contributed by atoms with Crippen LogP contribution in [-0.4, -0.2) is 50.9 Å². The normalized spacial score (nSPS) is 16.1. The minimum absolute atomic E-state index is 0.129. The molecule has 1 rings (SSSR count). The fraction of sp³-hybridized carbons (Fsp3) is 0.875. The molecule has 0 radical (unpaired) electrons. The maximum atomic E-state index is 4.46. The first-order chi connectivity index (χ1) is 10.1. The van der Waals surface area contributed by atoms with E-state index in [1.165, 1.54) is 0 Å². The SMILES string of the molecule is CCNC(Cc1ncnn1CC)C(C)(CC)N(CC)CC. The van der Waals surface area contributed by atoms with Gasteiger partial charge in [-0.25, -0.2) is 4.98 Å². The number of hydrogen-bond acceptors (Lipinski definition) is 4. The Morgan fingerprint density at radius 2 is 1.90 bits per heavy atom. The van der Waals surface area contributed by atoms with E-state index in [1.54, 1.807) is 6.33 Å². The van der Waals surface area contributed by atoms with Crippen LogP contribution in [0.2, 0.25) is 0 Å². The molecule has 1 aromatic heterocycles. The number of likely N-dealkylation sites (N-methyl/N-ethyl adjacent to an activating group) is 2. The predicted octanol–water partition coefficient (Wildman–Crippen LogP) is 2.33. The van der Waals surface area contributed by atoms with Crippen molar-refractivity contribution in [2.75, 3.05) is 19.6 Å². The zero-order valence-corrected chi connectivity index (χ0v) is 14.7. The summed E-state index contributed by atoms with van der Waals surface area (Å²) in [4.78, 5) is 7.02. The molecule has 5 heteroatoms. The van der Waals surface area contributed by atoms with Gasteiger partial charge in [0.1, 0.15) is 12.2 Å². The van der Waals surface area contributed by atoms with Gasteiger partial charge in [0.25, 0.3) is 0 Å². The van der Waals surface area contributed by atoms with E-state index < -0.39 is 0 Å². The van der Waals surface area contributed by atoms with E-state index in [0.29, 0.717) is 6.04 Å². The molecule has 21 heavy (non-hydrogen) atoms. The summed E-state index contributed by atoms with van der Waals surface area (Å²) < 4.78 is 2.00. The molecule has 0 spiro atoms. The standard InChI is InChI=1S/C16H33N5/c1-7-16(6,20(9-3)10-4)14(17-8-2)12-15-18-13-19-21(15)11-5/h13-14,17H,7-12H2,1-6H3. The van der Waals surface area contributed by atoms with Gasteiger partial charge in [0.2, 0.25) is 0 Å². The van der Waals surface area contributed by atoms with Crippen LogP contribution in [0.25, 0.3) is 0 Å². The second-order valence-corrected chi connectivity index (χ2v) is 5.69. The maximum absolute atomic E-state index is 4.46. The van der Waals surface area contributed by atoms with Crippen LogP contribution in [0.3, 0.4) is 0 Å². The van der Waals surface area contributed by atoms with Gasteiger partial charge in [-0.05, 0) is 39.9 Å². The molecule has 0 aliphatic carbocycles. The third kappa shape index (κ3) is 4.04. The van der Waals surface area contributed by atoms with Gasteiger partial charge in [-0.3, -0.25) is 9.58 Å². The minimum atomic E-state index is 0.129. The van der Waals surface area contributed by atoms with Crippen molar-refractivity contribution in [2.24, 2.45) is 0 Å². The van der Waals surface area contributed by atoms with Crippen molar-refractivity contribution in [1.82, 2.24) is 25.0 Å². The van der Waals surface area contributed by atoms with E-state index in [1.807, 2.05) is 4.68 Å². The second kappa shape index (κ2) is 8.49. The van der Waals surface area contributed by atoms with E-state index in [4.69, 9.17) is 0 Å². The molecule has 1 N–H and O–H groups in total. The highest BCUT2D eigenvalue weighted by molar-refractivity contribution is 5.02. The van der Waals surface area contributed by atoms with Crippen LogP contribution in [0.15, 0.2) is 6.33 Å². The van der Waals surface area contributed by atoms with E-state index in [0.717, 1.165) is 44.8 Å². The van der Waals surface area contributed by atoms with Gasteiger partial charge in [0, 0.05) is 24.5 Å². The Kier molecular flexibility index (Phi) is 7.32. The molecule has 0 bridgehead atoms. The van der Waals surface area contributed by atoms with Crippen LogP contribution in [0.5, 0.6) is 0 Å². The van der Waals surface area contributed by atoms with Crippen molar-refractivity contribution < 1.29 is 0 Å². The lowest BCUT2D eigenvalue weighted by atomic mass is 9.84. The first-order valence-electron chi connectivity index (χ1n) is 8.42. The van der Waals surface area contributed by atoms with Crippen molar-refractivity contribution in [2.45, 2.75) is 72.5 Å². The summed E-state index contributed by atoms with van der Waals surface area (Å²) in [5, 5.41) is 8.00. The molecule has 0 saturated heterocycles. The van der Waals surface area contributed by atoms with Gasteiger partial charge in [-0.15, -0.1) is 0 Å². The molecule has 2 atom stereocenters. The Morgan fingerprint density at radius 1 is 1.24 bits per heavy atom. The molecule has 0 aliphatic heterocycles. The molecule has 122 valence electrons. The summed E-state index contributed by atoms with van der Waals surface area (Å²) >= 11 is 0. The third-order valence-corrected chi connectivity index (χ3v) is 4.78. The molecule has 0 aromatic carbocycles. The second-order valence-electron chi connectivity index (χ2n) is 5.69. The van der Waals surface area contributed by atoms with Gasteiger partial charge >= 0.3 is 0 Å². The first-order valence-corrected chi connectivity index (χ1v) is 8.42. The van der Waals surface area contributed by atoms with E-state index >= 15 is 0 Å². The summed E-state index contributed by atoms with van der Waals surface area (Å²) in [6, 6.07) is 0.377. The number of aryl methyl sites for hydroxylation is 1. The molecule has 5 nitrogen and oxygen atoms in total. The fourth-order valence-corrected chi connectivity index (χ4v) is 3.29. The zero-order chi connectivity index (χ0) is 15.9. The van der Waals surface area contributed by atoms with Gasteiger partial charge in [0.05, 0.1) is 0 Å². The van der Waals surface area contributed by atoms with Crippen LogP contribution >= 0.6 is 0 Å².